The zero-order valence-corrected chi connectivity index (χ0v) is 14.3. The summed E-state index contributed by atoms with van der Waals surface area (Å²) in [6.45, 7) is 2.66. The summed E-state index contributed by atoms with van der Waals surface area (Å²) in [5.74, 6) is -2.63. The van der Waals surface area contributed by atoms with Crippen LogP contribution in [0.15, 0.2) is 24.4 Å². The van der Waals surface area contributed by atoms with E-state index in [-0.39, 0.29) is 24.6 Å². The molecule has 2 amide bonds. The first kappa shape index (κ1) is 17.9. The normalized spacial score (nSPS) is 18.3. The molecule has 0 unspecified atom stereocenters. The summed E-state index contributed by atoms with van der Waals surface area (Å²) >= 11 is 0. The summed E-state index contributed by atoms with van der Waals surface area (Å²) in [5.41, 5.74) is 1.24. The molecule has 8 heteroatoms. The maximum absolute atomic E-state index is 13.3. The molecule has 1 aliphatic heterocycles. The average molecular weight is 361 g/mol. The molecule has 2 atom stereocenters. The number of hydrogen-bond donors (Lipinski definition) is 3. The smallest absolute Gasteiger partial charge is 0.326 e. The summed E-state index contributed by atoms with van der Waals surface area (Å²) < 4.78 is 13.3. The zero-order valence-electron chi connectivity index (χ0n) is 14.3. The molecule has 0 aliphatic carbocycles. The molecule has 26 heavy (non-hydrogen) atoms. The lowest BCUT2D eigenvalue weighted by Gasteiger charge is -2.17. The lowest BCUT2D eigenvalue weighted by atomic mass is 10.0. The Morgan fingerprint density at radius 2 is 2.23 bits per heavy atom. The van der Waals surface area contributed by atoms with Crippen LogP contribution in [0.4, 0.5) is 4.39 Å². The molecule has 1 aromatic heterocycles. The van der Waals surface area contributed by atoms with Crippen LogP contribution in [0.3, 0.4) is 0 Å². The van der Waals surface area contributed by atoms with Crippen molar-refractivity contribution in [1.29, 1.82) is 0 Å². The van der Waals surface area contributed by atoms with Crippen molar-refractivity contribution in [2.75, 3.05) is 13.1 Å². The first-order chi connectivity index (χ1) is 12.4. The van der Waals surface area contributed by atoms with Crippen LogP contribution in [0.1, 0.15) is 18.9 Å². The molecule has 1 saturated heterocycles. The summed E-state index contributed by atoms with van der Waals surface area (Å²) in [6.07, 6.45) is 1.77. The molecule has 7 nitrogen and oxygen atoms in total. The van der Waals surface area contributed by atoms with Gasteiger partial charge in [-0.15, -0.1) is 0 Å². The monoisotopic (exact) mass is 361 g/mol. The van der Waals surface area contributed by atoms with Crippen molar-refractivity contribution < 1.29 is 23.9 Å². The van der Waals surface area contributed by atoms with E-state index >= 15 is 0 Å². The van der Waals surface area contributed by atoms with Crippen LogP contribution < -0.4 is 5.32 Å². The highest BCUT2D eigenvalue weighted by Crippen LogP contribution is 2.21. The van der Waals surface area contributed by atoms with Crippen LogP contribution >= 0.6 is 0 Å². The Kier molecular flexibility index (Phi) is 4.92. The number of carboxylic acid groups (broad SMARTS) is 1. The summed E-state index contributed by atoms with van der Waals surface area (Å²) in [4.78, 5) is 40.2. The van der Waals surface area contributed by atoms with Crippen LogP contribution in [0.5, 0.6) is 0 Å². The molecular weight excluding hydrogens is 341 g/mol. The van der Waals surface area contributed by atoms with E-state index in [2.05, 4.69) is 10.3 Å². The van der Waals surface area contributed by atoms with E-state index in [1.807, 2.05) is 6.92 Å². The number of fused-ring (bicyclic) bond motifs is 1. The molecular formula is C18H20FN3O4. The second-order valence-electron chi connectivity index (χ2n) is 6.44. The zero-order chi connectivity index (χ0) is 18.8. The SMILES string of the molecule is CCN1C[C@H](C(=O)N[C@H](Cc2c[nH]c3cc(F)ccc23)C(=O)O)CC1=O. The fourth-order valence-electron chi connectivity index (χ4n) is 3.29. The Labute approximate surface area is 149 Å². The number of carboxylic acids is 1. The van der Waals surface area contributed by atoms with Crippen molar-refractivity contribution in [1.82, 2.24) is 15.2 Å². The topological polar surface area (TPSA) is 102 Å². The van der Waals surface area contributed by atoms with E-state index in [9.17, 15) is 23.9 Å². The number of halogens is 1. The maximum Gasteiger partial charge on any atom is 0.326 e. The van der Waals surface area contributed by atoms with Crippen molar-refractivity contribution in [2.45, 2.75) is 25.8 Å². The molecule has 2 heterocycles. The van der Waals surface area contributed by atoms with Gasteiger partial charge in [0.05, 0.1) is 5.92 Å². The first-order valence-electron chi connectivity index (χ1n) is 8.45. The Hall–Kier alpha value is -2.90. The van der Waals surface area contributed by atoms with Crippen LogP contribution in [0.2, 0.25) is 0 Å². The predicted octanol–water partition coefficient (Wildman–Crippen LogP) is 1.29. The van der Waals surface area contributed by atoms with E-state index in [0.717, 1.165) is 0 Å². The number of H-pyrrole nitrogens is 1. The molecule has 0 saturated carbocycles. The van der Waals surface area contributed by atoms with Crippen LogP contribution in [-0.2, 0) is 20.8 Å². The molecule has 1 aliphatic rings. The Morgan fingerprint density at radius 1 is 1.46 bits per heavy atom. The van der Waals surface area contributed by atoms with Crippen LogP contribution in [0, 0.1) is 11.7 Å². The second-order valence-corrected chi connectivity index (χ2v) is 6.44. The highest BCUT2D eigenvalue weighted by atomic mass is 19.1. The van der Waals surface area contributed by atoms with Gasteiger partial charge in [0.2, 0.25) is 11.8 Å². The van der Waals surface area contributed by atoms with Crippen LogP contribution in [0.25, 0.3) is 10.9 Å². The van der Waals surface area contributed by atoms with Crippen molar-refractivity contribution in [3.63, 3.8) is 0 Å². The van der Waals surface area contributed by atoms with Gasteiger partial charge in [-0.1, -0.05) is 0 Å². The highest BCUT2D eigenvalue weighted by Gasteiger charge is 2.35. The van der Waals surface area contributed by atoms with Gasteiger partial charge < -0.3 is 20.3 Å². The summed E-state index contributed by atoms with van der Waals surface area (Å²) in [5, 5.41) is 12.7. The fourth-order valence-corrected chi connectivity index (χ4v) is 3.29. The number of aromatic nitrogens is 1. The number of nitrogens with one attached hydrogen (secondary N) is 2. The Morgan fingerprint density at radius 3 is 2.88 bits per heavy atom. The number of benzene rings is 1. The Bertz CT molecular complexity index is 863. The lowest BCUT2D eigenvalue weighted by Crippen LogP contribution is -2.45. The van der Waals surface area contributed by atoms with Crippen LogP contribution in [-0.4, -0.2) is 51.9 Å². The third kappa shape index (κ3) is 3.54. The standard InChI is InChI=1S/C18H20FN3O4/c1-2-22-9-11(6-16(22)23)17(24)21-15(18(25)26)5-10-8-20-14-7-12(19)3-4-13(10)14/h3-4,7-8,11,15,20H,2,5-6,9H2,1H3,(H,21,24)(H,25,26)/t11-,15-/m1/s1. The predicted molar refractivity (Wildman–Crippen MR) is 91.9 cm³/mol. The number of nitrogens with zero attached hydrogens (tertiary/aromatic N) is 1. The minimum atomic E-state index is -1.16. The molecule has 3 N–H and O–H groups in total. The maximum atomic E-state index is 13.3. The number of rotatable bonds is 6. The molecule has 3 rings (SSSR count). The van der Waals surface area contributed by atoms with Crippen molar-refractivity contribution in [3.05, 3.63) is 35.8 Å². The minimum absolute atomic E-state index is 0.0604. The Balaban J connectivity index is 1.72. The van der Waals surface area contributed by atoms with Gasteiger partial charge in [0.25, 0.3) is 0 Å². The number of amides is 2. The quantitative estimate of drug-likeness (QED) is 0.721. The lowest BCUT2D eigenvalue weighted by molar-refractivity contribution is -0.142. The minimum Gasteiger partial charge on any atom is -0.480 e. The van der Waals surface area contributed by atoms with Gasteiger partial charge >= 0.3 is 5.97 Å². The van der Waals surface area contributed by atoms with Crippen molar-refractivity contribution >= 4 is 28.7 Å². The van der Waals surface area contributed by atoms with E-state index in [4.69, 9.17) is 0 Å². The van der Waals surface area contributed by atoms with Gasteiger partial charge in [-0.3, -0.25) is 9.59 Å². The fraction of sp³-hybridized carbons (Fsp3) is 0.389. The molecule has 0 spiro atoms. The number of hydrogen-bond acceptors (Lipinski definition) is 3. The van der Waals surface area contributed by atoms with Gasteiger partial charge in [0.15, 0.2) is 0 Å². The number of likely N-dealkylation sites (tertiary alicyclic amines) is 1. The van der Waals surface area contributed by atoms with Gasteiger partial charge in [-0.2, -0.15) is 0 Å². The summed E-state index contributed by atoms with van der Waals surface area (Å²) in [6, 6.07) is 3.08. The van der Waals surface area contributed by atoms with E-state index in [1.54, 1.807) is 17.2 Å². The van der Waals surface area contributed by atoms with Crippen molar-refractivity contribution in [2.24, 2.45) is 5.92 Å². The largest absolute Gasteiger partial charge is 0.480 e. The number of aliphatic carboxylic acids is 1. The third-order valence-corrected chi connectivity index (χ3v) is 4.74. The second kappa shape index (κ2) is 7.15. The number of carbonyl (C=O) groups excluding carboxylic acids is 2. The van der Waals surface area contributed by atoms with Gasteiger partial charge in [0.1, 0.15) is 11.9 Å². The van der Waals surface area contributed by atoms with Gasteiger partial charge in [-0.25, -0.2) is 9.18 Å². The molecule has 1 aromatic carbocycles. The van der Waals surface area contributed by atoms with E-state index in [1.165, 1.54) is 12.1 Å². The number of aromatic amines is 1. The molecule has 138 valence electrons. The van der Waals surface area contributed by atoms with E-state index in [0.29, 0.717) is 29.6 Å². The average Bonchev–Trinajstić information content (AvgIpc) is 3.17. The highest BCUT2D eigenvalue weighted by molar-refractivity contribution is 5.92. The first-order valence-corrected chi connectivity index (χ1v) is 8.45. The number of carbonyl (C=O) groups is 3. The third-order valence-electron chi connectivity index (χ3n) is 4.74. The molecule has 0 bridgehead atoms. The van der Waals surface area contributed by atoms with Gasteiger partial charge in [0, 0.05) is 43.0 Å². The molecule has 0 radical (unpaired) electrons. The molecule has 2 aromatic rings. The van der Waals surface area contributed by atoms with Crippen molar-refractivity contribution in [3.8, 4) is 0 Å². The summed E-state index contributed by atoms with van der Waals surface area (Å²) in [7, 11) is 0. The molecule has 1 fully saturated rings. The van der Waals surface area contributed by atoms with Gasteiger partial charge in [-0.05, 0) is 30.7 Å². The van der Waals surface area contributed by atoms with E-state index < -0.39 is 23.8 Å².